The number of hydrogen-bond donors (Lipinski definition) is 0. The molecular formula is C16H21IS. The van der Waals surface area contributed by atoms with Crippen LogP contribution >= 0.6 is 34.4 Å². The van der Waals surface area contributed by atoms with Crippen molar-refractivity contribution in [3.8, 4) is 0 Å². The third-order valence-corrected chi connectivity index (χ3v) is 7.04. The largest absolute Gasteiger partial charge is 0.155 e. The highest BCUT2D eigenvalue weighted by atomic mass is 127. The molecule has 0 radical (unpaired) electrons. The topological polar surface area (TPSA) is 0 Å². The number of hydrogen-bond acceptors (Lipinski definition) is 1. The average molecular weight is 372 g/mol. The second-order valence-electron chi connectivity index (χ2n) is 5.72. The van der Waals surface area contributed by atoms with E-state index in [-0.39, 0.29) is 0 Å². The number of benzene rings is 1. The minimum absolute atomic E-state index is 0.834. The lowest BCUT2D eigenvalue weighted by Crippen LogP contribution is -2.28. The maximum absolute atomic E-state index is 2.41. The van der Waals surface area contributed by atoms with E-state index in [9.17, 15) is 0 Å². The van der Waals surface area contributed by atoms with Crippen molar-refractivity contribution in [3.05, 3.63) is 33.4 Å². The Hall–Kier alpha value is 0.300. The highest BCUT2D eigenvalue weighted by molar-refractivity contribution is 14.1. The van der Waals surface area contributed by atoms with Crippen LogP contribution in [0.2, 0.25) is 0 Å². The predicted octanol–water partition coefficient (Wildman–Crippen LogP) is 5.46. The van der Waals surface area contributed by atoms with Gasteiger partial charge >= 0.3 is 0 Å². The fourth-order valence-corrected chi connectivity index (χ4v) is 6.00. The molecule has 0 amide bonds. The van der Waals surface area contributed by atoms with E-state index in [1.54, 1.807) is 5.56 Å². The van der Waals surface area contributed by atoms with Gasteiger partial charge in [-0.2, -0.15) is 11.8 Å². The number of thioether (sulfide) groups is 1. The van der Waals surface area contributed by atoms with Crippen LogP contribution in [0.15, 0.2) is 24.3 Å². The van der Waals surface area contributed by atoms with E-state index in [1.165, 1.54) is 35.7 Å². The molecule has 2 heterocycles. The highest BCUT2D eigenvalue weighted by Crippen LogP contribution is 2.53. The van der Waals surface area contributed by atoms with E-state index in [0.29, 0.717) is 0 Å². The Morgan fingerprint density at radius 1 is 1.22 bits per heavy atom. The summed E-state index contributed by atoms with van der Waals surface area (Å²) in [7, 11) is 0. The molecule has 1 aromatic rings. The molecule has 2 aliphatic heterocycles. The Bertz CT molecular complexity index is 400. The Balaban J connectivity index is 1.86. The van der Waals surface area contributed by atoms with Crippen LogP contribution < -0.4 is 0 Å². The highest BCUT2D eigenvalue weighted by Gasteiger charge is 2.42. The summed E-state index contributed by atoms with van der Waals surface area (Å²) in [4.78, 5) is 0. The zero-order chi connectivity index (χ0) is 12.5. The molecule has 0 saturated carbocycles. The fraction of sp³-hybridized carbons (Fsp3) is 0.625. The van der Waals surface area contributed by atoms with Crippen LogP contribution in [0.5, 0.6) is 0 Å². The summed E-state index contributed by atoms with van der Waals surface area (Å²) in [6.45, 7) is 2.34. The molecule has 4 atom stereocenters. The zero-order valence-corrected chi connectivity index (χ0v) is 13.9. The Kier molecular flexibility index (Phi) is 4.24. The lowest BCUT2D eigenvalue weighted by Gasteiger charge is -2.37. The van der Waals surface area contributed by atoms with Gasteiger partial charge in [0.05, 0.1) is 0 Å². The summed E-state index contributed by atoms with van der Waals surface area (Å²) < 4.78 is 1.36. The molecule has 0 N–H and O–H groups in total. The quantitative estimate of drug-likeness (QED) is 0.635. The van der Waals surface area contributed by atoms with Crippen LogP contribution in [0.25, 0.3) is 0 Å². The van der Waals surface area contributed by atoms with E-state index in [1.807, 2.05) is 0 Å². The molecule has 0 aliphatic carbocycles. The molecule has 98 valence electrons. The Morgan fingerprint density at radius 2 is 2.00 bits per heavy atom. The molecule has 3 rings (SSSR count). The minimum atomic E-state index is 0.834. The summed E-state index contributed by atoms with van der Waals surface area (Å²) in [5.41, 5.74) is 1.60. The maximum Gasteiger partial charge on any atom is 0.0130 e. The molecule has 1 unspecified atom stereocenters. The normalized spacial score (nSPS) is 34.8. The van der Waals surface area contributed by atoms with Gasteiger partial charge in [0.1, 0.15) is 0 Å². The minimum Gasteiger partial charge on any atom is -0.155 e. The van der Waals surface area contributed by atoms with Gasteiger partial charge in [0.15, 0.2) is 0 Å². The van der Waals surface area contributed by atoms with E-state index < -0.39 is 0 Å². The average Bonchev–Trinajstić information content (AvgIpc) is 2.77. The van der Waals surface area contributed by atoms with Crippen molar-refractivity contribution in [2.75, 3.05) is 0 Å². The smallest absolute Gasteiger partial charge is 0.0130 e. The molecule has 2 fully saturated rings. The van der Waals surface area contributed by atoms with Gasteiger partial charge in [0, 0.05) is 14.1 Å². The summed E-state index contributed by atoms with van der Waals surface area (Å²) >= 11 is 4.71. The molecule has 2 heteroatoms. The van der Waals surface area contributed by atoms with E-state index in [2.05, 4.69) is 65.5 Å². The molecule has 2 bridgehead atoms. The van der Waals surface area contributed by atoms with E-state index >= 15 is 0 Å². The fourth-order valence-electron chi connectivity index (χ4n) is 3.75. The predicted molar refractivity (Wildman–Crippen MR) is 89.3 cm³/mol. The Labute approximate surface area is 128 Å². The van der Waals surface area contributed by atoms with Gasteiger partial charge in [-0.15, -0.1) is 0 Å². The molecule has 1 aromatic carbocycles. The monoisotopic (exact) mass is 372 g/mol. The van der Waals surface area contributed by atoms with E-state index in [4.69, 9.17) is 0 Å². The first-order chi connectivity index (χ1) is 8.78. The molecule has 0 spiro atoms. The lowest BCUT2D eigenvalue weighted by molar-refractivity contribution is 0.370. The molecular weight excluding hydrogens is 351 g/mol. The van der Waals surface area contributed by atoms with Gasteiger partial charge in [0.2, 0.25) is 0 Å². The van der Waals surface area contributed by atoms with E-state index in [0.717, 1.165) is 22.3 Å². The molecule has 0 nitrogen and oxygen atoms in total. The third kappa shape index (κ3) is 2.60. The second kappa shape index (κ2) is 5.74. The molecule has 18 heavy (non-hydrogen) atoms. The first kappa shape index (κ1) is 13.3. The van der Waals surface area contributed by atoms with Crippen LogP contribution in [0.4, 0.5) is 0 Å². The van der Waals surface area contributed by atoms with Crippen LogP contribution in [0.3, 0.4) is 0 Å². The van der Waals surface area contributed by atoms with Gasteiger partial charge in [0.25, 0.3) is 0 Å². The van der Waals surface area contributed by atoms with Crippen LogP contribution in [0, 0.1) is 9.49 Å². The van der Waals surface area contributed by atoms with Crippen LogP contribution in [0.1, 0.15) is 50.5 Å². The zero-order valence-electron chi connectivity index (χ0n) is 10.9. The summed E-state index contributed by atoms with van der Waals surface area (Å²) in [5.74, 6) is 1.76. The lowest BCUT2D eigenvalue weighted by atomic mass is 9.79. The maximum atomic E-state index is 2.41. The summed E-state index contributed by atoms with van der Waals surface area (Å²) in [5, 5.41) is 1.90. The van der Waals surface area contributed by atoms with Crippen molar-refractivity contribution in [1.82, 2.24) is 0 Å². The molecule has 0 aromatic heterocycles. The number of halogens is 1. The number of rotatable bonds is 3. The SMILES string of the molecule is CCC[C@@H]1[C@@H]2CCC(C[C@H]1c1ccc(I)cc1)S2. The Morgan fingerprint density at radius 3 is 2.72 bits per heavy atom. The van der Waals surface area contributed by atoms with Crippen molar-refractivity contribution in [1.29, 1.82) is 0 Å². The molecule has 2 saturated heterocycles. The van der Waals surface area contributed by atoms with Crippen LogP contribution in [-0.2, 0) is 0 Å². The standard InChI is InChI=1S/C16H21IS/c1-2-3-14-15(10-13-8-9-16(14)18-13)11-4-6-12(17)7-5-11/h4-7,13-16H,2-3,8-10H2,1H3/t13?,14-,15-,16-/m0/s1. The first-order valence-electron chi connectivity index (χ1n) is 7.19. The summed E-state index contributed by atoms with van der Waals surface area (Å²) in [6, 6.07) is 9.32. The van der Waals surface area contributed by atoms with Crippen LogP contribution in [-0.4, -0.2) is 10.5 Å². The number of fused-ring (bicyclic) bond motifs is 2. The first-order valence-corrected chi connectivity index (χ1v) is 9.21. The van der Waals surface area contributed by atoms with Gasteiger partial charge in [-0.1, -0.05) is 25.5 Å². The van der Waals surface area contributed by atoms with Gasteiger partial charge in [-0.25, -0.2) is 0 Å². The molecule has 2 aliphatic rings. The van der Waals surface area contributed by atoms with Crippen molar-refractivity contribution >= 4 is 34.4 Å². The second-order valence-corrected chi connectivity index (χ2v) is 8.51. The van der Waals surface area contributed by atoms with Crippen molar-refractivity contribution in [2.24, 2.45) is 5.92 Å². The summed E-state index contributed by atoms with van der Waals surface area (Å²) in [6.07, 6.45) is 7.12. The van der Waals surface area contributed by atoms with Crippen molar-refractivity contribution < 1.29 is 0 Å². The third-order valence-electron chi connectivity index (χ3n) is 4.57. The van der Waals surface area contributed by atoms with Gasteiger partial charge < -0.3 is 0 Å². The van der Waals surface area contributed by atoms with Crippen molar-refractivity contribution in [2.45, 2.75) is 55.4 Å². The van der Waals surface area contributed by atoms with Gasteiger partial charge in [-0.05, 0) is 77.8 Å². The van der Waals surface area contributed by atoms with Crippen molar-refractivity contribution in [3.63, 3.8) is 0 Å². The van der Waals surface area contributed by atoms with Gasteiger partial charge in [-0.3, -0.25) is 0 Å².